The van der Waals surface area contributed by atoms with Crippen molar-refractivity contribution in [3.63, 3.8) is 0 Å². The molecule has 3 rings (SSSR count). The van der Waals surface area contributed by atoms with E-state index < -0.39 is 0 Å². The van der Waals surface area contributed by atoms with Gasteiger partial charge in [0.25, 0.3) is 0 Å². The van der Waals surface area contributed by atoms with Crippen molar-refractivity contribution in [2.75, 3.05) is 12.4 Å². The maximum Gasteiger partial charge on any atom is 0.119 e. The van der Waals surface area contributed by atoms with Crippen molar-refractivity contribution in [3.05, 3.63) is 53.3 Å². The lowest BCUT2D eigenvalue weighted by Gasteiger charge is -2.11. The van der Waals surface area contributed by atoms with E-state index in [9.17, 15) is 0 Å². The second-order valence-corrected chi connectivity index (χ2v) is 6.49. The Morgan fingerprint density at radius 1 is 1.08 bits per heavy atom. The van der Waals surface area contributed by atoms with Crippen LogP contribution in [0.5, 0.6) is 5.75 Å². The van der Waals surface area contributed by atoms with E-state index in [2.05, 4.69) is 73.1 Å². The van der Waals surface area contributed by atoms with E-state index in [4.69, 9.17) is 4.74 Å². The van der Waals surface area contributed by atoms with Crippen molar-refractivity contribution >= 4 is 16.5 Å². The van der Waals surface area contributed by atoms with Gasteiger partial charge in [0.15, 0.2) is 0 Å². The molecule has 0 saturated heterocycles. The SMILES string of the molecule is COc1ccc2cc(CNc3c(C)nn(C(C)C)c3C)ccc2c1. The van der Waals surface area contributed by atoms with Crippen LogP contribution >= 0.6 is 0 Å². The topological polar surface area (TPSA) is 39.1 Å². The summed E-state index contributed by atoms with van der Waals surface area (Å²) < 4.78 is 7.36. The first kappa shape index (κ1) is 16.4. The van der Waals surface area contributed by atoms with Crippen molar-refractivity contribution in [1.82, 2.24) is 9.78 Å². The third-order valence-corrected chi connectivity index (χ3v) is 4.40. The molecule has 0 fully saturated rings. The van der Waals surface area contributed by atoms with E-state index in [1.165, 1.54) is 22.0 Å². The molecule has 4 heteroatoms. The highest BCUT2D eigenvalue weighted by atomic mass is 16.5. The molecule has 0 radical (unpaired) electrons. The van der Waals surface area contributed by atoms with E-state index in [1.54, 1.807) is 7.11 Å². The van der Waals surface area contributed by atoms with Gasteiger partial charge in [0.1, 0.15) is 5.75 Å². The Hall–Kier alpha value is -2.49. The van der Waals surface area contributed by atoms with Crippen LogP contribution in [-0.4, -0.2) is 16.9 Å². The van der Waals surface area contributed by atoms with Gasteiger partial charge in [-0.1, -0.05) is 18.2 Å². The number of hydrogen-bond acceptors (Lipinski definition) is 3. The number of hydrogen-bond donors (Lipinski definition) is 1. The molecule has 0 aliphatic rings. The minimum Gasteiger partial charge on any atom is -0.497 e. The van der Waals surface area contributed by atoms with Crippen molar-refractivity contribution in [2.45, 2.75) is 40.3 Å². The Labute approximate surface area is 143 Å². The smallest absolute Gasteiger partial charge is 0.119 e. The fourth-order valence-corrected chi connectivity index (χ4v) is 3.12. The fourth-order valence-electron chi connectivity index (χ4n) is 3.12. The van der Waals surface area contributed by atoms with Gasteiger partial charge in [-0.25, -0.2) is 0 Å². The van der Waals surface area contributed by atoms with Crippen LogP contribution in [0.4, 0.5) is 5.69 Å². The van der Waals surface area contributed by atoms with Crippen LogP contribution in [0.2, 0.25) is 0 Å². The predicted octanol–water partition coefficient (Wildman–Crippen LogP) is 4.85. The molecule has 0 unspecified atom stereocenters. The number of rotatable bonds is 5. The number of ether oxygens (including phenoxy) is 1. The van der Waals surface area contributed by atoms with Gasteiger partial charge in [0, 0.05) is 12.6 Å². The molecule has 1 heterocycles. The van der Waals surface area contributed by atoms with Gasteiger partial charge in [0.05, 0.1) is 24.2 Å². The molecule has 1 aromatic heterocycles. The number of nitrogens with zero attached hydrogens (tertiary/aromatic N) is 2. The molecule has 0 aliphatic heterocycles. The van der Waals surface area contributed by atoms with E-state index in [0.717, 1.165) is 23.7 Å². The summed E-state index contributed by atoms with van der Waals surface area (Å²) in [7, 11) is 1.70. The van der Waals surface area contributed by atoms with E-state index in [-0.39, 0.29) is 0 Å². The lowest BCUT2D eigenvalue weighted by atomic mass is 10.1. The quantitative estimate of drug-likeness (QED) is 0.729. The Morgan fingerprint density at radius 2 is 1.79 bits per heavy atom. The molecular formula is C20H25N3O. The van der Waals surface area contributed by atoms with Crippen molar-refractivity contribution in [1.29, 1.82) is 0 Å². The van der Waals surface area contributed by atoms with Crippen molar-refractivity contribution < 1.29 is 4.74 Å². The highest BCUT2D eigenvalue weighted by molar-refractivity contribution is 5.84. The molecular weight excluding hydrogens is 298 g/mol. The normalized spacial score (nSPS) is 11.2. The van der Waals surface area contributed by atoms with Gasteiger partial charge in [-0.2, -0.15) is 5.10 Å². The van der Waals surface area contributed by atoms with Gasteiger partial charge in [-0.15, -0.1) is 0 Å². The van der Waals surface area contributed by atoms with Crippen LogP contribution in [0, 0.1) is 13.8 Å². The first-order valence-electron chi connectivity index (χ1n) is 8.36. The number of aryl methyl sites for hydroxylation is 1. The highest BCUT2D eigenvalue weighted by Gasteiger charge is 2.13. The lowest BCUT2D eigenvalue weighted by Crippen LogP contribution is -2.06. The summed E-state index contributed by atoms with van der Waals surface area (Å²) in [5.41, 5.74) is 4.63. The van der Waals surface area contributed by atoms with Crippen LogP contribution in [-0.2, 0) is 6.54 Å². The lowest BCUT2D eigenvalue weighted by molar-refractivity contribution is 0.415. The maximum absolute atomic E-state index is 5.28. The number of nitrogens with one attached hydrogen (secondary N) is 1. The molecule has 2 aromatic carbocycles. The number of benzene rings is 2. The molecule has 24 heavy (non-hydrogen) atoms. The van der Waals surface area contributed by atoms with Crippen LogP contribution in [0.25, 0.3) is 10.8 Å². The third-order valence-electron chi connectivity index (χ3n) is 4.40. The van der Waals surface area contributed by atoms with Crippen LogP contribution < -0.4 is 10.1 Å². The third kappa shape index (κ3) is 3.09. The Bertz CT molecular complexity index is 865. The van der Waals surface area contributed by atoms with Crippen LogP contribution in [0.15, 0.2) is 36.4 Å². The molecule has 0 saturated carbocycles. The zero-order chi connectivity index (χ0) is 17.3. The molecule has 3 aromatic rings. The summed E-state index contributed by atoms with van der Waals surface area (Å²) >= 11 is 0. The average Bonchev–Trinajstić information content (AvgIpc) is 2.87. The molecule has 126 valence electrons. The van der Waals surface area contributed by atoms with Gasteiger partial charge in [-0.05, 0) is 62.2 Å². The number of methoxy groups -OCH3 is 1. The molecule has 4 nitrogen and oxygen atoms in total. The summed E-state index contributed by atoms with van der Waals surface area (Å²) in [6, 6.07) is 13.1. The second-order valence-electron chi connectivity index (χ2n) is 6.49. The van der Waals surface area contributed by atoms with Gasteiger partial charge >= 0.3 is 0 Å². The Balaban J connectivity index is 1.81. The molecule has 0 atom stereocenters. The Kier molecular flexibility index (Phi) is 4.47. The van der Waals surface area contributed by atoms with E-state index in [0.29, 0.717) is 6.04 Å². The summed E-state index contributed by atoms with van der Waals surface area (Å²) in [5, 5.41) is 10.6. The summed E-state index contributed by atoms with van der Waals surface area (Å²) in [6.07, 6.45) is 0. The summed E-state index contributed by atoms with van der Waals surface area (Å²) in [5.74, 6) is 0.890. The highest BCUT2D eigenvalue weighted by Crippen LogP contribution is 2.25. The fraction of sp³-hybridized carbons (Fsp3) is 0.350. The second kappa shape index (κ2) is 6.56. The number of aromatic nitrogens is 2. The molecule has 1 N–H and O–H groups in total. The first-order valence-corrected chi connectivity index (χ1v) is 8.36. The number of anilines is 1. The van der Waals surface area contributed by atoms with Gasteiger partial charge in [-0.3, -0.25) is 4.68 Å². The van der Waals surface area contributed by atoms with Crippen LogP contribution in [0.3, 0.4) is 0 Å². The molecule has 0 aliphatic carbocycles. The first-order chi connectivity index (χ1) is 11.5. The zero-order valence-electron chi connectivity index (χ0n) is 15.1. The zero-order valence-corrected chi connectivity index (χ0v) is 15.1. The molecule has 0 amide bonds. The van der Waals surface area contributed by atoms with Crippen molar-refractivity contribution in [3.8, 4) is 5.75 Å². The number of fused-ring (bicyclic) bond motifs is 1. The minimum atomic E-state index is 0.370. The Morgan fingerprint density at radius 3 is 2.46 bits per heavy atom. The standard InChI is InChI=1S/C20H25N3O/c1-13(2)23-15(4)20(14(3)22-23)21-12-16-6-7-18-11-19(24-5)9-8-17(18)10-16/h6-11,13,21H,12H2,1-5H3. The summed E-state index contributed by atoms with van der Waals surface area (Å²) in [4.78, 5) is 0. The van der Waals surface area contributed by atoms with E-state index >= 15 is 0 Å². The van der Waals surface area contributed by atoms with Crippen LogP contribution in [0.1, 0.15) is 36.8 Å². The van der Waals surface area contributed by atoms with E-state index in [1.807, 2.05) is 6.07 Å². The largest absolute Gasteiger partial charge is 0.497 e. The molecule has 0 bridgehead atoms. The predicted molar refractivity (Wildman–Crippen MR) is 99.9 cm³/mol. The molecule has 0 spiro atoms. The minimum absolute atomic E-state index is 0.370. The van der Waals surface area contributed by atoms with Gasteiger partial charge in [0.2, 0.25) is 0 Å². The maximum atomic E-state index is 5.28. The average molecular weight is 323 g/mol. The summed E-state index contributed by atoms with van der Waals surface area (Å²) in [6.45, 7) is 9.27. The van der Waals surface area contributed by atoms with Crippen molar-refractivity contribution in [2.24, 2.45) is 0 Å². The monoisotopic (exact) mass is 323 g/mol. The van der Waals surface area contributed by atoms with Gasteiger partial charge < -0.3 is 10.1 Å².